The maximum Gasteiger partial charge on any atom is 0.0727 e. The molecule has 0 saturated heterocycles. The Morgan fingerprint density at radius 3 is 2.67 bits per heavy atom. The minimum atomic E-state index is -0.0784. The van der Waals surface area contributed by atoms with Gasteiger partial charge in [0.25, 0.3) is 0 Å². The number of rotatable bonds is 3. The van der Waals surface area contributed by atoms with E-state index in [1.54, 1.807) is 0 Å². The third-order valence-electron chi connectivity index (χ3n) is 3.72. The Morgan fingerprint density at radius 2 is 1.86 bits per heavy atom. The van der Waals surface area contributed by atoms with Crippen molar-refractivity contribution >= 4 is 26.7 Å². The molecular formula is C17H16BrN3. The number of nitrogens with two attached hydrogens (primary N) is 1. The van der Waals surface area contributed by atoms with Crippen molar-refractivity contribution in [2.24, 2.45) is 5.84 Å². The molecule has 2 aromatic carbocycles. The number of pyridine rings is 1. The second-order valence-electron chi connectivity index (χ2n) is 5.02. The molecule has 0 bridgehead atoms. The highest BCUT2D eigenvalue weighted by Crippen LogP contribution is 2.33. The SMILES string of the molecule is Cc1cccc(C(NN)c2cccc3cnccc23)c1Br. The molecule has 0 spiro atoms. The van der Waals surface area contributed by atoms with Gasteiger partial charge >= 0.3 is 0 Å². The van der Waals surface area contributed by atoms with Gasteiger partial charge in [-0.25, -0.2) is 5.43 Å². The molecule has 1 atom stereocenters. The molecule has 0 radical (unpaired) electrons. The molecule has 3 nitrogen and oxygen atoms in total. The van der Waals surface area contributed by atoms with E-state index in [4.69, 9.17) is 5.84 Å². The lowest BCUT2D eigenvalue weighted by Crippen LogP contribution is -2.29. The average molecular weight is 342 g/mol. The summed E-state index contributed by atoms with van der Waals surface area (Å²) in [4.78, 5) is 4.18. The summed E-state index contributed by atoms with van der Waals surface area (Å²) >= 11 is 3.68. The Hall–Kier alpha value is -1.75. The van der Waals surface area contributed by atoms with E-state index in [1.165, 1.54) is 5.56 Å². The largest absolute Gasteiger partial charge is 0.271 e. The topological polar surface area (TPSA) is 50.9 Å². The number of benzene rings is 2. The zero-order valence-corrected chi connectivity index (χ0v) is 13.3. The van der Waals surface area contributed by atoms with Crippen LogP contribution < -0.4 is 11.3 Å². The fourth-order valence-electron chi connectivity index (χ4n) is 2.64. The van der Waals surface area contributed by atoms with E-state index in [9.17, 15) is 0 Å². The van der Waals surface area contributed by atoms with Crippen LogP contribution >= 0.6 is 15.9 Å². The van der Waals surface area contributed by atoms with Gasteiger partial charge in [0.1, 0.15) is 0 Å². The molecule has 1 unspecified atom stereocenters. The minimum Gasteiger partial charge on any atom is -0.271 e. The first-order valence-electron chi connectivity index (χ1n) is 6.76. The van der Waals surface area contributed by atoms with Gasteiger partial charge in [0.2, 0.25) is 0 Å². The van der Waals surface area contributed by atoms with Gasteiger partial charge in [-0.15, -0.1) is 0 Å². The quantitative estimate of drug-likeness (QED) is 0.561. The highest BCUT2D eigenvalue weighted by Gasteiger charge is 2.18. The lowest BCUT2D eigenvalue weighted by Gasteiger charge is -2.21. The predicted molar refractivity (Wildman–Crippen MR) is 89.8 cm³/mol. The summed E-state index contributed by atoms with van der Waals surface area (Å²) in [5.74, 6) is 5.86. The lowest BCUT2D eigenvalue weighted by molar-refractivity contribution is 0.638. The molecule has 1 aromatic heterocycles. The van der Waals surface area contributed by atoms with Crippen LogP contribution in [-0.2, 0) is 0 Å². The van der Waals surface area contributed by atoms with Gasteiger partial charge in [-0.05, 0) is 35.1 Å². The molecule has 3 N–H and O–H groups in total. The van der Waals surface area contributed by atoms with Crippen LogP contribution in [0, 0.1) is 6.92 Å². The summed E-state index contributed by atoms with van der Waals surface area (Å²) in [7, 11) is 0. The molecule has 0 saturated carbocycles. The van der Waals surface area contributed by atoms with E-state index in [-0.39, 0.29) is 6.04 Å². The number of nitrogens with one attached hydrogen (secondary N) is 1. The molecule has 0 aliphatic carbocycles. The Bertz CT molecular complexity index is 781. The van der Waals surface area contributed by atoms with Gasteiger partial charge in [-0.3, -0.25) is 10.8 Å². The zero-order chi connectivity index (χ0) is 14.8. The number of hydrazine groups is 1. The standard InChI is InChI=1S/C17H16BrN3/c1-11-4-2-7-15(16(11)18)17(21-19)14-6-3-5-12-10-20-9-8-13(12)14/h2-10,17,21H,19H2,1H3. The number of fused-ring (bicyclic) bond motifs is 1. The molecular weight excluding hydrogens is 326 g/mol. The van der Waals surface area contributed by atoms with E-state index >= 15 is 0 Å². The van der Waals surface area contributed by atoms with Gasteiger partial charge < -0.3 is 0 Å². The first kappa shape index (κ1) is 14.2. The molecule has 0 fully saturated rings. The Morgan fingerprint density at radius 1 is 1.10 bits per heavy atom. The summed E-state index contributed by atoms with van der Waals surface area (Å²) in [5.41, 5.74) is 6.40. The van der Waals surface area contributed by atoms with Crippen LogP contribution in [0.1, 0.15) is 22.7 Å². The van der Waals surface area contributed by atoms with Crippen LogP contribution in [0.15, 0.2) is 59.3 Å². The summed E-state index contributed by atoms with van der Waals surface area (Å²) < 4.78 is 1.08. The van der Waals surface area contributed by atoms with Gasteiger partial charge in [-0.2, -0.15) is 0 Å². The van der Waals surface area contributed by atoms with E-state index < -0.39 is 0 Å². The maximum atomic E-state index is 5.86. The van der Waals surface area contributed by atoms with Gasteiger partial charge in [0.15, 0.2) is 0 Å². The summed E-state index contributed by atoms with van der Waals surface area (Å²) in [6.45, 7) is 2.08. The third-order valence-corrected chi connectivity index (χ3v) is 4.81. The van der Waals surface area contributed by atoms with Crippen molar-refractivity contribution in [2.75, 3.05) is 0 Å². The number of halogens is 1. The van der Waals surface area contributed by atoms with E-state index in [1.807, 2.05) is 30.6 Å². The van der Waals surface area contributed by atoms with Crippen LogP contribution in [0.5, 0.6) is 0 Å². The molecule has 0 aliphatic heterocycles. The van der Waals surface area contributed by atoms with Crippen molar-refractivity contribution in [1.82, 2.24) is 10.4 Å². The monoisotopic (exact) mass is 341 g/mol. The second-order valence-corrected chi connectivity index (χ2v) is 5.81. The van der Waals surface area contributed by atoms with Gasteiger partial charge in [0, 0.05) is 22.3 Å². The summed E-state index contributed by atoms with van der Waals surface area (Å²) in [5, 5.41) is 2.27. The highest BCUT2D eigenvalue weighted by atomic mass is 79.9. The Kier molecular flexibility index (Phi) is 4.01. The lowest BCUT2D eigenvalue weighted by atomic mass is 9.94. The molecule has 3 aromatic rings. The van der Waals surface area contributed by atoms with Crippen LogP contribution in [-0.4, -0.2) is 4.98 Å². The first-order valence-corrected chi connectivity index (χ1v) is 7.55. The zero-order valence-electron chi connectivity index (χ0n) is 11.7. The molecule has 0 aliphatic rings. The van der Waals surface area contributed by atoms with E-state index in [0.29, 0.717) is 0 Å². The molecule has 21 heavy (non-hydrogen) atoms. The summed E-state index contributed by atoms with van der Waals surface area (Å²) in [6, 6.07) is 14.4. The number of nitrogens with zero attached hydrogens (tertiary/aromatic N) is 1. The molecule has 1 heterocycles. The van der Waals surface area contributed by atoms with Crippen LogP contribution in [0.25, 0.3) is 10.8 Å². The Balaban J connectivity index is 2.21. The van der Waals surface area contributed by atoms with Crippen molar-refractivity contribution in [2.45, 2.75) is 13.0 Å². The minimum absolute atomic E-state index is 0.0784. The van der Waals surface area contributed by atoms with Crippen molar-refractivity contribution < 1.29 is 0 Å². The van der Waals surface area contributed by atoms with Crippen molar-refractivity contribution in [1.29, 1.82) is 0 Å². The van der Waals surface area contributed by atoms with E-state index in [0.717, 1.165) is 26.4 Å². The first-order chi connectivity index (χ1) is 10.2. The number of hydrogen-bond acceptors (Lipinski definition) is 3. The van der Waals surface area contributed by atoms with Gasteiger partial charge in [0.05, 0.1) is 6.04 Å². The smallest absolute Gasteiger partial charge is 0.0727 e. The number of hydrogen-bond donors (Lipinski definition) is 2. The second kappa shape index (κ2) is 5.93. The Labute approximate surface area is 132 Å². The summed E-state index contributed by atoms with van der Waals surface area (Å²) in [6.07, 6.45) is 3.68. The maximum absolute atomic E-state index is 5.86. The molecule has 4 heteroatoms. The van der Waals surface area contributed by atoms with Crippen LogP contribution in [0.4, 0.5) is 0 Å². The molecule has 3 rings (SSSR count). The fraction of sp³-hybridized carbons (Fsp3) is 0.118. The predicted octanol–water partition coefficient (Wildman–Crippen LogP) is 3.86. The van der Waals surface area contributed by atoms with Crippen LogP contribution in [0.2, 0.25) is 0 Å². The highest BCUT2D eigenvalue weighted by molar-refractivity contribution is 9.10. The molecule has 106 valence electrons. The van der Waals surface area contributed by atoms with Crippen molar-refractivity contribution in [3.8, 4) is 0 Å². The van der Waals surface area contributed by atoms with Gasteiger partial charge in [-0.1, -0.05) is 52.3 Å². The van der Waals surface area contributed by atoms with Crippen molar-refractivity contribution in [3.63, 3.8) is 0 Å². The van der Waals surface area contributed by atoms with E-state index in [2.05, 4.69) is 57.5 Å². The normalized spacial score (nSPS) is 12.5. The fourth-order valence-corrected chi connectivity index (χ4v) is 3.13. The van der Waals surface area contributed by atoms with Crippen molar-refractivity contribution in [3.05, 3.63) is 76.0 Å². The number of aryl methyl sites for hydroxylation is 1. The third kappa shape index (κ3) is 2.58. The van der Waals surface area contributed by atoms with Crippen LogP contribution in [0.3, 0.4) is 0 Å². The number of aromatic nitrogens is 1. The molecule has 0 amide bonds. The average Bonchev–Trinajstić information content (AvgIpc) is 2.52.